The van der Waals surface area contributed by atoms with Crippen LogP contribution in [0, 0.1) is 5.92 Å². The predicted molar refractivity (Wildman–Crippen MR) is 65.6 cm³/mol. The zero-order valence-corrected chi connectivity index (χ0v) is 10.8. The fourth-order valence-electron chi connectivity index (χ4n) is 2.47. The minimum atomic E-state index is -0.752. The Morgan fingerprint density at radius 2 is 2.00 bits per heavy atom. The van der Waals surface area contributed by atoms with Crippen molar-refractivity contribution in [2.24, 2.45) is 5.92 Å². The van der Waals surface area contributed by atoms with Crippen molar-refractivity contribution >= 4 is 17.8 Å². The fourth-order valence-corrected chi connectivity index (χ4v) is 2.47. The molecule has 4 amide bonds. The van der Waals surface area contributed by atoms with Gasteiger partial charge in [0.2, 0.25) is 11.8 Å². The van der Waals surface area contributed by atoms with Gasteiger partial charge in [0.15, 0.2) is 0 Å². The average Bonchev–Trinajstić information content (AvgIpc) is 2.38. The molecule has 0 saturated carbocycles. The molecule has 0 radical (unpaired) electrons. The highest BCUT2D eigenvalue weighted by Crippen LogP contribution is 2.24. The minimum absolute atomic E-state index is 0.191. The maximum Gasteiger partial charge on any atom is 0.333 e. The van der Waals surface area contributed by atoms with Crippen LogP contribution in [0.4, 0.5) is 4.79 Å². The second-order valence-corrected chi connectivity index (χ2v) is 4.72. The largest absolute Gasteiger partial charge is 0.333 e. The Morgan fingerprint density at radius 3 is 2.56 bits per heavy atom. The van der Waals surface area contributed by atoms with Crippen molar-refractivity contribution in [3.05, 3.63) is 12.2 Å². The molecule has 0 N–H and O–H groups in total. The van der Waals surface area contributed by atoms with E-state index in [1.54, 1.807) is 13.8 Å². The number of nitrogens with zero attached hydrogens (tertiary/aromatic N) is 2. The van der Waals surface area contributed by atoms with Crippen molar-refractivity contribution in [2.75, 3.05) is 6.54 Å². The minimum Gasteiger partial charge on any atom is -0.273 e. The highest BCUT2D eigenvalue weighted by molar-refractivity contribution is 6.16. The zero-order valence-electron chi connectivity index (χ0n) is 10.8. The molecule has 0 aromatic rings. The summed E-state index contributed by atoms with van der Waals surface area (Å²) < 4.78 is 0. The first-order valence-corrected chi connectivity index (χ1v) is 6.43. The maximum absolute atomic E-state index is 12.2. The molecule has 98 valence electrons. The first-order valence-electron chi connectivity index (χ1n) is 6.43. The van der Waals surface area contributed by atoms with Gasteiger partial charge in [0.1, 0.15) is 5.92 Å². The summed E-state index contributed by atoms with van der Waals surface area (Å²) in [5.41, 5.74) is 0. The molecule has 0 aromatic heterocycles. The third-order valence-corrected chi connectivity index (χ3v) is 3.56. The molecule has 2 atom stereocenters. The molecule has 1 aliphatic heterocycles. The third-order valence-electron chi connectivity index (χ3n) is 3.56. The van der Waals surface area contributed by atoms with Gasteiger partial charge in [-0.15, -0.1) is 0 Å². The summed E-state index contributed by atoms with van der Waals surface area (Å²) in [4.78, 5) is 38.6. The number of carbonyl (C=O) groups is 3. The topological polar surface area (TPSA) is 57.7 Å². The first-order chi connectivity index (χ1) is 8.57. The first kappa shape index (κ1) is 12.8. The van der Waals surface area contributed by atoms with E-state index >= 15 is 0 Å². The molecule has 2 unspecified atom stereocenters. The Bertz CT molecular complexity index is 416. The van der Waals surface area contributed by atoms with Crippen molar-refractivity contribution < 1.29 is 14.4 Å². The number of hydrogen-bond acceptors (Lipinski definition) is 3. The van der Waals surface area contributed by atoms with E-state index in [0.717, 1.165) is 24.2 Å². The van der Waals surface area contributed by atoms with E-state index < -0.39 is 11.9 Å². The standard InChI is InChI=1S/C13H18N2O3/c1-3-14-11(16)9(2)12(17)15(13(14)18)10-7-5-4-6-8-10/h5,7,9-10H,3-4,6,8H2,1-2H3. The van der Waals surface area contributed by atoms with E-state index in [1.165, 1.54) is 4.90 Å². The number of barbiturate groups is 1. The van der Waals surface area contributed by atoms with E-state index in [1.807, 2.05) is 12.2 Å². The Kier molecular flexibility index (Phi) is 3.50. The van der Waals surface area contributed by atoms with Crippen molar-refractivity contribution in [3.63, 3.8) is 0 Å². The van der Waals surface area contributed by atoms with Crippen LogP contribution in [0.15, 0.2) is 12.2 Å². The van der Waals surface area contributed by atoms with Crippen molar-refractivity contribution in [3.8, 4) is 0 Å². The van der Waals surface area contributed by atoms with Crippen LogP contribution in [-0.2, 0) is 9.59 Å². The quantitative estimate of drug-likeness (QED) is 0.552. The van der Waals surface area contributed by atoms with Gasteiger partial charge in [0, 0.05) is 6.54 Å². The Hall–Kier alpha value is -1.65. The summed E-state index contributed by atoms with van der Waals surface area (Å²) in [5.74, 6) is -1.51. The Morgan fingerprint density at radius 1 is 1.28 bits per heavy atom. The molecule has 5 heteroatoms. The highest BCUT2D eigenvalue weighted by Gasteiger charge is 2.45. The van der Waals surface area contributed by atoms with Crippen LogP contribution in [0.3, 0.4) is 0 Å². The summed E-state index contributed by atoms with van der Waals surface area (Å²) in [6, 6.07) is -0.662. The number of allylic oxidation sites excluding steroid dienone is 1. The summed E-state index contributed by atoms with van der Waals surface area (Å²) >= 11 is 0. The molecule has 0 spiro atoms. The number of carbonyl (C=O) groups excluding carboxylic acids is 3. The lowest BCUT2D eigenvalue weighted by molar-refractivity contribution is -0.149. The van der Waals surface area contributed by atoms with E-state index in [2.05, 4.69) is 0 Å². The normalized spacial score (nSPS) is 29.1. The van der Waals surface area contributed by atoms with Gasteiger partial charge in [-0.25, -0.2) is 4.79 Å². The lowest BCUT2D eigenvalue weighted by Crippen LogP contribution is -2.61. The summed E-state index contributed by atoms with van der Waals surface area (Å²) in [6.45, 7) is 3.62. The Labute approximate surface area is 106 Å². The van der Waals surface area contributed by atoms with Crippen LogP contribution in [-0.4, -0.2) is 40.2 Å². The zero-order chi connectivity index (χ0) is 13.3. The van der Waals surface area contributed by atoms with Gasteiger partial charge >= 0.3 is 6.03 Å². The van der Waals surface area contributed by atoms with Crippen LogP contribution < -0.4 is 0 Å². The molecule has 5 nitrogen and oxygen atoms in total. The third kappa shape index (κ3) is 1.94. The van der Waals surface area contributed by atoms with E-state index in [-0.39, 0.29) is 17.9 Å². The molecular weight excluding hydrogens is 232 g/mol. The molecular formula is C13H18N2O3. The molecule has 1 saturated heterocycles. The highest BCUT2D eigenvalue weighted by atomic mass is 16.2. The van der Waals surface area contributed by atoms with Crippen LogP contribution in [0.25, 0.3) is 0 Å². The van der Waals surface area contributed by atoms with Gasteiger partial charge in [0.25, 0.3) is 0 Å². The molecule has 2 rings (SSSR count). The van der Waals surface area contributed by atoms with Gasteiger partial charge in [-0.2, -0.15) is 0 Å². The fraction of sp³-hybridized carbons (Fsp3) is 0.615. The summed E-state index contributed by atoms with van der Waals surface area (Å²) in [7, 11) is 0. The van der Waals surface area contributed by atoms with Crippen molar-refractivity contribution in [1.82, 2.24) is 9.80 Å². The number of amides is 4. The second-order valence-electron chi connectivity index (χ2n) is 4.72. The van der Waals surface area contributed by atoms with E-state index in [4.69, 9.17) is 0 Å². The molecule has 0 aromatic carbocycles. The monoisotopic (exact) mass is 250 g/mol. The molecule has 18 heavy (non-hydrogen) atoms. The second kappa shape index (κ2) is 4.92. The van der Waals surface area contributed by atoms with Gasteiger partial charge in [-0.05, 0) is 33.1 Å². The molecule has 1 fully saturated rings. The molecule has 1 aliphatic carbocycles. The van der Waals surface area contributed by atoms with Crippen LogP contribution in [0.5, 0.6) is 0 Å². The Balaban J connectivity index is 2.30. The average molecular weight is 250 g/mol. The number of urea groups is 1. The summed E-state index contributed by atoms with van der Waals surface area (Å²) in [6.07, 6.45) is 6.62. The number of rotatable bonds is 2. The van der Waals surface area contributed by atoms with Crippen molar-refractivity contribution in [1.29, 1.82) is 0 Å². The van der Waals surface area contributed by atoms with E-state index in [9.17, 15) is 14.4 Å². The SMILES string of the molecule is CCN1C(=O)C(C)C(=O)N(C2C=CCCC2)C1=O. The van der Waals surface area contributed by atoms with Gasteiger partial charge < -0.3 is 0 Å². The lowest BCUT2D eigenvalue weighted by atomic mass is 9.98. The smallest absolute Gasteiger partial charge is 0.273 e. The molecule has 1 heterocycles. The molecule has 0 bridgehead atoms. The van der Waals surface area contributed by atoms with Crippen molar-refractivity contribution in [2.45, 2.75) is 39.2 Å². The maximum atomic E-state index is 12.2. The summed E-state index contributed by atoms with van der Waals surface area (Å²) in [5, 5.41) is 0. The molecule has 2 aliphatic rings. The predicted octanol–water partition coefficient (Wildman–Crippen LogP) is 1.54. The van der Waals surface area contributed by atoms with Gasteiger partial charge in [-0.1, -0.05) is 12.2 Å². The van der Waals surface area contributed by atoms with E-state index in [0.29, 0.717) is 6.54 Å². The lowest BCUT2D eigenvalue weighted by Gasteiger charge is -2.39. The van der Waals surface area contributed by atoms with Crippen LogP contribution >= 0.6 is 0 Å². The van der Waals surface area contributed by atoms with Gasteiger partial charge in [-0.3, -0.25) is 19.4 Å². The number of hydrogen-bond donors (Lipinski definition) is 0. The van der Waals surface area contributed by atoms with Gasteiger partial charge in [0.05, 0.1) is 6.04 Å². The number of imide groups is 2. The van der Waals surface area contributed by atoms with Crippen LogP contribution in [0.1, 0.15) is 33.1 Å². The van der Waals surface area contributed by atoms with Crippen LogP contribution in [0.2, 0.25) is 0 Å².